The van der Waals surface area contributed by atoms with Gasteiger partial charge in [-0.05, 0) is 31.5 Å². The van der Waals surface area contributed by atoms with Gasteiger partial charge in [0.2, 0.25) is 5.91 Å². The van der Waals surface area contributed by atoms with Gasteiger partial charge in [-0.3, -0.25) is 4.79 Å². The van der Waals surface area contributed by atoms with E-state index in [4.69, 9.17) is 16.3 Å². The highest BCUT2D eigenvalue weighted by atomic mass is 35.5. The van der Waals surface area contributed by atoms with E-state index in [1.54, 1.807) is 12.1 Å². The maximum Gasteiger partial charge on any atom is 0.244 e. The molecule has 6 heteroatoms. The molecule has 0 spiro atoms. The van der Waals surface area contributed by atoms with Crippen LogP contribution < -0.4 is 10.6 Å². The fourth-order valence-electron chi connectivity index (χ4n) is 1.97. The van der Waals surface area contributed by atoms with Crippen molar-refractivity contribution in [2.75, 3.05) is 18.5 Å². The zero-order chi connectivity index (χ0) is 13.1. The fraction of sp³-hybridized carbons (Fsp3) is 0.462. The van der Waals surface area contributed by atoms with Gasteiger partial charge in [-0.25, -0.2) is 0 Å². The lowest BCUT2D eigenvalue weighted by Gasteiger charge is -2.29. The molecule has 2 atom stereocenters. The second-order valence-electron chi connectivity index (χ2n) is 4.46. The van der Waals surface area contributed by atoms with Crippen LogP contribution in [0.5, 0.6) is 0 Å². The number of benzene rings is 1. The number of rotatable bonds is 2. The third-order valence-corrected chi connectivity index (χ3v) is 3.29. The van der Waals surface area contributed by atoms with Crippen molar-refractivity contribution in [1.29, 1.82) is 0 Å². The van der Waals surface area contributed by atoms with Gasteiger partial charge in [0.1, 0.15) is 6.04 Å². The number of morpholine rings is 1. The number of anilines is 1. The molecule has 19 heavy (non-hydrogen) atoms. The Bertz CT molecular complexity index is 454. The van der Waals surface area contributed by atoms with Crippen LogP contribution in [0.1, 0.15) is 12.5 Å². The summed E-state index contributed by atoms with van der Waals surface area (Å²) < 4.78 is 5.45. The van der Waals surface area contributed by atoms with Gasteiger partial charge in [0.25, 0.3) is 0 Å². The minimum absolute atomic E-state index is 0. The molecule has 106 valence electrons. The first-order valence-corrected chi connectivity index (χ1v) is 6.38. The Morgan fingerprint density at radius 3 is 2.95 bits per heavy atom. The average Bonchev–Trinajstić information content (AvgIpc) is 2.34. The maximum atomic E-state index is 12.1. The van der Waals surface area contributed by atoms with E-state index in [1.165, 1.54) is 0 Å². The Labute approximate surface area is 124 Å². The topological polar surface area (TPSA) is 50.4 Å². The van der Waals surface area contributed by atoms with Crippen LogP contribution in [0.25, 0.3) is 0 Å². The Morgan fingerprint density at radius 1 is 1.53 bits per heavy atom. The first kappa shape index (κ1) is 16.2. The predicted molar refractivity (Wildman–Crippen MR) is 79.3 cm³/mol. The van der Waals surface area contributed by atoms with Crippen LogP contribution in [-0.2, 0) is 9.53 Å². The molecule has 1 aromatic rings. The van der Waals surface area contributed by atoms with E-state index >= 15 is 0 Å². The first-order chi connectivity index (χ1) is 8.58. The highest BCUT2D eigenvalue weighted by Crippen LogP contribution is 2.20. The molecule has 1 amide bonds. The summed E-state index contributed by atoms with van der Waals surface area (Å²) in [6, 6.07) is 5.11. The molecule has 1 aliphatic heterocycles. The third-order valence-electron chi connectivity index (χ3n) is 3.06. The van der Waals surface area contributed by atoms with Crippen molar-refractivity contribution in [3.05, 3.63) is 28.8 Å². The molecule has 1 aliphatic rings. The van der Waals surface area contributed by atoms with Crippen LogP contribution >= 0.6 is 24.0 Å². The van der Waals surface area contributed by atoms with Crippen molar-refractivity contribution < 1.29 is 9.53 Å². The van der Waals surface area contributed by atoms with Crippen molar-refractivity contribution in [2.24, 2.45) is 0 Å². The van der Waals surface area contributed by atoms with Crippen LogP contribution in [0, 0.1) is 6.92 Å². The van der Waals surface area contributed by atoms with Gasteiger partial charge in [-0.1, -0.05) is 17.7 Å². The number of carbonyl (C=O) groups excluding carboxylic acids is 1. The molecule has 0 radical (unpaired) electrons. The van der Waals surface area contributed by atoms with Crippen molar-refractivity contribution in [1.82, 2.24) is 5.32 Å². The molecule has 0 aromatic heterocycles. The highest BCUT2D eigenvalue weighted by molar-refractivity contribution is 6.31. The number of carbonyl (C=O) groups is 1. The van der Waals surface area contributed by atoms with Crippen LogP contribution in [0.15, 0.2) is 18.2 Å². The number of hydrogen-bond donors (Lipinski definition) is 2. The van der Waals surface area contributed by atoms with Gasteiger partial charge in [0.15, 0.2) is 0 Å². The van der Waals surface area contributed by atoms with Crippen LogP contribution in [-0.4, -0.2) is 31.2 Å². The van der Waals surface area contributed by atoms with E-state index in [-0.39, 0.29) is 30.5 Å². The van der Waals surface area contributed by atoms with Gasteiger partial charge in [-0.2, -0.15) is 0 Å². The van der Waals surface area contributed by atoms with Crippen molar-refractivity contribution in [3.8, 4) is 0 Å². The molecule has 0 saturated carbocycles. The summed E-state index contributed by atoms with van der Waals surface area (Å²) in [5.74, 6) is -0.0902. The molecule has 2 N–H and O–H groups in total. The zero-order valence-corrected chi connectivity index (χ0v) is 12.5. The van der Waals surface area contributed by atoms with Gasteiger partial charge in [0.05, 0.1) is 12.7 Å². The predicted octanol–water partition coefficient (Wildman–Crippen LogP) is 2.39. The molecular formula is C13H18Cl2N2O2. The van der Waals surface area contributed by atoms with Gasteiger partial charge < -0.3 is 15.4 Å². The van der Waals surface area contributed by atoms with E-state index < -0.39 is 0 Å². The molecule has 0 bridgehead atoms. The molecule has 0 unspecified atom stereocenters. The Balaban J connectivity index is 0.00000180. The Hall–Kier alpha value is -0.810. The quantitative estimate of drug-likeness (QED) is 0.882. The number of amides is 1. The zero-order valence-electron chi connectivity index (χ0n) is 10.9. The Kier molecular flexibility index (Phi) is 6.07. The van der Waals surface area contributed by atoms with Crippen molar-refractivity contribution >= 4 is 35.6 Å². The van der Waals surface area contributed by atoms with Gasteiger partial charge >= 0.3 is 0 Å². The fourth-order valence-corrected chi connectivity index (χ4v) is 2.14. The lowest BCUT2D eigenvalue weighted by Crippen LogP contribution is -2.53. The molecule has 1 aromatic carbocycles. The number of hydrogen-bond acceptors (Lipinski definition) is 3. The highest BCUT2D eigenvalue weighted by Gasteiger charge is 2.28. The third kappa shape index (κ3) is 4.08. The lowest BCUT2D eigenvalue weighted by molar-refractivity contribution is -0.123. The average molecular weight is 305 g/mol. The van der Waals surface area contributed by atoms with E-state index in [9.17, 15) is 4.79 Å². The van der Waals surface area contributed by atoms with Crippen LogP contribution in [0.3, 0.4) is 0 Å². The van der Waals surface area contributed by atoms with Crippen molar-refractivity contribution in [2.45, 2.75) is 26.0 Å². The normalized spacial score (nSPS) is 22.5. The maximum absolute atomic E-state index is 12.1. The summed E-state index contributed by atoms with van der Waals surface area (Å²) in [5.41, 5.74) is 1.73. The Morgan fingerprint density at radius 2 is 2.26 bits per heavy atom. The summed E-state index contributed by atoms with van der Waals surface area (Å²) >= 11 is 5.92. The molecule has 1 heterocycles. The standard InChI is InChI=1S/C13H17ClN2O2.ClH/c1-8-3-4-10(14)7-11(8)16-13(17)12-9(2)18-6-5-15-12;/h3-4,7,9,12,15H,5-6H2,1-2H3,(H,16,17);1H/t9-,12+;/m1./s1. The summed E-state index contributed by atoms with van der Waals surface area (Å²) in [6.07, 6.45) is -0.127. The second kappa shape index (κ2) is 7.10. The number of aryl methyl sites for hydroxylation is 1. The van der Waals surface area contributed by atoms with Gasteiger partial charge in [-0.15, -0.1) is 12.4 Å². The summed E-state index contributed by atoms with van der Waals surface area (Å²) in [5, 5.41) is 6.65. The van der Waals surface area contributed by atoms with E-state index in [2.05, 4.69) is 10.6 Å². The number of nitrogens with one attached hydrogen (secondary N) is 2. The SMILES string of the molecule is Cc1ccc(Cl)cc1NC(=O)[C@H]1NCCO[C@@H]1C.Cl. The minimum atomic E-state index is -0.322. The summed E-state index contributed by atoms with van der Waals surface area (Å²) in [7, 11) is 0. The number of ether oxygens (including phenoxy) is 1. The van der Waals surface area contributed by atoms with E-state index in [0.29, 0.717) is 18.2 Å². The minimum Gasteiger partial charge on any atom is -0.375 e. The van der Waals surface area contributed by atoms with E-state index in [0.717, 1.165) is 11.3 Å². The lowest BCUT2D eigenvalue weighted by atomic mass is 10.1. The second-order valence-corrected chi connectivity index (χ2v) is 4.89. The summed E-state index contributed by atoms with van der Waals surface area (Å²) in [6.45, 7) is 5.15. The van der Waals surface area contributed by atoms with Gasteiger partial charge in [0, 0.05) is 17.3 Å². The molecule has 1 saturated heterocycles. The molecular weight excluding hydrogens is 287 g/mol. The summed E-state index contributed by atoms with van der Waals surface area (Å²) in [4.78, 5) is 12.1. The smallest absolute Gasteiger partial charge is 0.244 e. The van der Waals surface area contributed by atoms with Crippen LogP contribution in [0.4, 0.5) is 5.69 Å². The molecule has 0 aliphatic carbocycles. The molecule has 1 fully saturated rings. The van der Waals surface area contributed by atoms with Crippen molar-refractivity contribution in [3.63, 3.8) is 0 Å². The molecule has 4 nitrogen and oxygen atoms in total. The molecule has 2 rings (SSSR count). The first-order valence-electron chi connectivity index (χ1n) is 6.00. The number of halogens is 2. The van der Waals surface area contributed by atoms with E-state index in [1.807, 2.05) is 19.9 Å². The largest absolute Gasteiger partial charge is 0.375 e. The van der Waals surface area contributed by atoms with Crippen LogP contribution in [0.2, 0.25) is 5.02 Å². The monoisotopic (exact) mass is 304 g/mol.